The number of ether oxygens (including phenoxy) is 1. The molecule has 0 saturated carbocycles. The molecule has 0 unspecified atom stereocenters. The van der Waals surface area contributed by atoms with Gasteiger partial charge in [0.25, 0.3) is 5.91 Å². The second-order valence-corrected chi connectivity index (χ2v) is 7.78. The Hall–Kier alpha value is -2.08. The zero-order valence-electron chi connectivity index (χ0n) is 14.7. The quantitative estimate of drug-likeness (QED) is 0.600. The van der Waals surface area contributed by atoms with E-state index >= 15 is 0 Å². The predicted molar refractivity (Wildman–Crippen MR) is 109 cm³/mol. The summed E-state index contributed by atoms with van der Waals surface area (Å²) in [6, 6.07) is 17.5. The van der Waals surface area contributed by atoms with E-state index in [1.807, 2.05) is 59.5 Å². The Morgan fingerprint density at radius 1 is 1.11 bits per heavy atom. The third-order valence-corrected chi connectivity index (χ3v) is 5.76. The highest BCUT2D eigenvalue weighted by Gasteiger charge is 2.21. The van der Waals surface area contributed by atoms with Gasteiger partial charge < -0.3 is 9.64 Å². The van der Waals surface area contributed by atoms with E-state index in [1.165, 1.54) is 5.56 Å². The summed E-state index contributed by atoms with van der Waals surface area (Å²) in [6.07, 6.45) is 0. The molecule has 0 aliphatic carbocycles. The lowest BCUT2D eigenvalue weighted by Gasteiger charge is -2.27. The van der Waals surface area contributed by atoms with Crippen molar-refractivity contribution in [3.63, 3.8) is 0 Å². The van der Waals surface area contributed by atoms with Crippen molar-refractivity contribution in [3.8, 4) is 0 Å². The standard InChI is InChI=1S/C21H19ClN2O2S/c22-16-7-5-15(6-8-16)14-27-20-13-18(17-3-1-2-4-19(17)23-20)21(25)24-9-11-26-12-10-24/h1-8,13H,9-12,14H2. The number of fused-ring (bicyclic) bond motifs is 1. The van der Waals surface area contributed by atoms with Crippen molar-refractivity contribution in [3.05, 3.63) is 70.7 Å². The molecule has 4 nitrogen and oxygen atoms in total. The molecular weight excluding hydrogens is 380 g/mol. The molecule has 138 valence electrons. The van der Waals surface area contributed by atoms with Crippen LogP contribution in [0.15, 0.2) is 59.6 Å². The van der Waals surface area contributed by atoms with Gasteiger partial charge >= 0.3 is 0 Å². The van der Waals surface area contributed by atoms with Crippen LogP contribution in [0.4, 0.5) is 0 Å². The van der Waals surface area contributed by atoms with Gasteiger partial charge in [-0.15, -0.1) is 11.8 Å². The van der Waals surface area contributed by atoms with Gasteiger partial charge in [0.15, 0.2) is 0 Å². The first-order chi connectivity index (χ1) is 13.2. The van der Waals surface area contributed by atoms with Gasteiger partial charge in [0.2, 0.25) is 0 Å². The molecule has 1 aliphatic heterocycles. The fraction of sp³-hybridized carbons (Fsp3) is 0.238. The minimum atomic E-state index is 0.0465. The highest BCUT2D eigenvalue weighted by atomic mass is 35.5. The molecule has 6 heteroatoms. The second-order valence-electron chi connectivity index (χ2n) is 6.34. The van der Waals surface area contributed by atoms with Crippen molar-refractivity contribution >= 4 is 40.2 Å². The average Bonchev–Trinajstić information content (AvgIpc) is 2.73. The second kappa shape index (κ2) is 8.30. The van der Waals surface area contributed by atoms with Crippen molar-refractivity contribution in [2.75, 3.05) is 26.3 Å². The number of para-hydroxylation sites is 1. The fourth-order valence-corrected chi connectivity index (χ4v) is 4.07. The molecule has 0 radical (unpaired) electrons. The highest BCUT2D eigenvalue weighted by molar-refractivity contribution is 7.98. The zero-order valence-corrected chi connectivity index (χ0v) is 16.3. The smallest absolute Gasteiger partial charge is 0.254 e. The maximum Gasteiger partial charge on any atom is 0.254 e. The number of aromatic nitrogens is 1. The van der Waals surface area contributed by atoms with Gasteiger partial charge in [0.05, 0.1) is 29.3 Å². The van der Waals surface area contributed by atoms with Gasteiger partial charge in [-0.1, -0.05) is 41.9 Å². The summed E-state index contributed by atoms with van der Waals surface area (Å²) in [6.45, 7) is 2.44. The molecule has 1 saturated heterocycles. The third-order valence-electron chi connectivity index (χ3n) is 4.52. The Morgan fingerprint density at radius 3 is 2.63 bits per heavy atom. The summed E-state index contributed by atoms with van der Waals surface area (Å²) >= 11 is 7.58. The van der Waals surface area contributed by atoms with Gasteiger partial charge in [-0.2, -0.15) is 0 Å². The van der Waals surface area contributed by atoms with Gasteiger partial charge in [0.1, 0.15) is 0 Å². The number of carbonyl (C=O) groups excluding carboxylic acids is 1. The maximum absolute atomic E-state index is 13.1. The van der Waals surface area contributed by atoms with Crippen molar-refractivity contribution in [2.45, 2.75) is 10.8 Å². The first-order valence-electron chi connectivity index (χ1n) is 8.85. The number of amides is 1. The summed E-state index contributed by atoms with van der Waals surface area (Å²) in [5.74, 6) is 0.818. The molecule has 1 amide bonds. The van der Waals surface area contributed by atoms with Crippen LogP contribution in [0.5, 0.6) is 0 Å². The molecule has 4 rings (SSSR count). The molecule has 1 aromatic heterocycles. The summed E-state index contributed by atoms with van der Waals surface area (Å²) < 4.78 is 5.37. The van der Waals surface area contributed by atoms with E-state index in [1.54, 1.807) is 11.8 Å². The maximum atomic E-state index is 13.1. The summed E-state index contributed by atoms with van der Waals surface area (Å²) in [7, 11) is 0. The van der Waals surface area contributed by atoms with Crippen molar-refractivity contribution < 1.29 is 9.53 Å². The average molecular weight is 399 g/mol. The number of carbonyl (C=O) groups is 1. The largest absolute Gasteiger partial charge is 0.378 e. The molecule has 0 bridgehead atoms. The molecule has 1 aliphatic rings. The summed E-state index contributed by atoms with van der Waals surface area (Å²) in [5, 5.41) is 2.47. The van der Waals surface area contributed by atoms with E-state index in [9.17, 15) is 4.79 Å². The Kier molecular flexibility index (Phi) is 5.62. The predicted octanol–water partition coefficient (Wildman–Crippen LogP) is 4.65. The molecule has 2 heterocycles. The van der Waals surface area contributed by atoms with Crippen LogP contribution >= 0.6 is 23.4 Å². The van der Waals surface area contributed by atoms with Gasteiger partial charge in [-0.05, 0) is 29.8 Å². The third kappa shape index (κ3) is 4.26. The Labute approximate surface area is 167 Å². The summed E-state index contributed by atoms with van der Waals surface area (Å²) in [4.78, 5) is 19.7. The first kappa shape index (κ1) is 18.3. The number of thioether (sulfide) groups is 1. The number of halogens is 1. The lowest BCUT2D eigenvalue weighted by Crippen LogP contribution is -2.40. The summed E-state index contributed by atoms with van der Waals surface area (Å²) in [5.41, 5.74) is 2.72. The van der Waals surface area contributed by atoms with E-state index in [0.717, 1.165) is 26.7 Å². The normalized spacial score (nSPS) is 14.5. The molecule has 3 aromatic rings. The zero-order chi connectivity index (χ0) is 18.6. The minimum Gasteiger partial charge on any atom is -0.378 e. The number of pyridine rings is 1. The van der Waals surface area contributed by atoms with Crippen LogP contribution in [0.1, 0.15) is 15.9 Å². The number of rotatable bonds is 4. The van der Waals surface area contributed by atoms with Gasteiger partial charge in [-0.3, -0.25) is 4.79 Å². The molecule has 1 fully saturated rings. The number of morpholine rings is 1. The highest BCUT2D eigenvalue weighted by Crippen LogP contribution is 2.28. The number of hydrogen-bond acceptors (Lipinski definition) is 4. The van der Waals surface area contributed by atoms with E-state index in [-0.39, 0.29) is 5.91 Å². The van der Waals surface area contributed by atoms with E-state index in [4.69, 9.17) is 21.3 Å². The molecular formula is C21H19ClN2O2S. The fourth-order valence-electron chi connectivity index (χ4n) is 3.08. The monoisotopic (exact) mass is 398 g/mol. The number of nitrogens with zero attached hydrogens (tertiary/aromatic N) is 2. The number of hydrogen-bond donors (Lipinski definition) is 0. The molecule has 0 spiro atoms. The van der Waals surface area contributed by atoms with Crippen LogP contribution < -0.4 is 0 Å². The van der Waals surface area contributed by atoms with Crippen molar-refractivity contribution in [1.82, 2.24) is 9.88 Å². The van der Waals surface area contributed by atoms with Crippen molar-refractivity contribution in [1.29, 1.82) is 0 Å². The van der Waals surface area contributed by atoms with Crippen LogP contribution in [0.25, 0.3) is 10.9 Å². The van der Waals surface area contributed by atoms with Gasteiger partial charge in [0, 0.05) is 29.3 Å². The van der Waals surface area contributed by atoms with Crippen molar-refractivity contribution in [2.24, 2.45) is 0 Å². The van der Waals surface area contributed by atoms with Crippen LogP contribution in [0.2, 0.25) is 5.02 Å². The van der Waals surface area contributed by atoms with Crippen LogP contribution in [0.3, 0.4) is 0 Å². The molecule has 0 atom stereocenters. The molecule has 27 heavy (non-hydrogen) atoms. The van der Waals surface area contributed by atoms with Crippen LogP contribution in [0, 0.1) is 0 Å². The van der Waals surface area contributed by atoms with Crippen LogP contribution in [-0.2, 0) is 10.5 Å². The number of benzene rings is 2. The van der Waals surface area contributed by atoms with Gasteiger partial charge in [-0.25, -0.2) is 4.98 Å². The Morgan fingerprint density at radius 2 is 1.85 bits per heavy atom. The molecule has 2 aromatic carbocycles. The van der Waals surface area contributed by atoms with Crippen LogP contribution in [-0.4, -0.2) is 42.1 Å². The lowest BCUT2D eigenvalue weighted by molar-refractivity contribution is 0.0304. The lowest BCUT2D eigenvalue weighted by atomic mass is 10.1. The van der Waals surface area contributed by atoms with E-state index < -0.39 is 0 Å². The minimum absolute atomic E-state index is 0.0465. The topological polar surface area (TPSA) is 42.4 Å². The van der Waals surface area contributed by atoms with E-state index in [2.05, 4.69) is 0 Å². The SMILES string of the molecule is O=C(c1cc(SCc2ccc(Cl)cc2)nc2ccccc12)N1CCOCC1. The molecule has 0 N–H and O–H groups in total. The Balaban J connectivity index is 1.63. The Bertz CT molecular complexity index is 956. The first-order valence-corrected chi connectivity index (χ1v) is 10.2. The van der Waals surface area contributed by atoms with E-state index in [0.29, 0.717) is 31.9 Å².